The van der Waals surface area contributed by atoms with Crippen molar-refractivity contribution >= 4 is 43.5 Å². The molecular weight excluding hydrogens is 643 g/mol. The van der Waals surface area contributed by atoms with E-state index in [1.165, 1.54) is 55.3 Å². The van der Waals surface area contributed by atoms with E-state index >= 15 is 0 Å². The van der Waals surface area contributed by atoms with E-state index in [1.54, 1.807) is 0 Å². The van der Waals surface area contributed by atoms with Crippen molar-refractivity contribution in [3.05, 3.63) is 198 Å². The Kier molecular flexibility index (Phi) is 5.70. The van der Waals surface area contributed by atoms with Crippen molar-refractivity contribution in [2.24, 2.45) is 0 Å². The fourth-order valence-electron chi connectivity index (χ4n) is 9.55. The monoisotopic (exact) mass is 671 g/mol. The topological polar surface area (TPSA) is 38.7 Å². The second-order valence-electron chi connectivity index (χ2n) is 14.3. The lowest BCUT2D eigenvalue weighted by molar-refractivity contribution is 0.794. The number of benzene rings is 7. The molecule has 0 aliphatic heterocycles. The number of pyridine rings is 3. The fraction of sp³-hybridized carbons (Fsp3) is 0.0200. The third-order valence-electron chi connectivity index (χ3n) is 11.7. The molecule has 2 aliphatic carbocycles. The molecule has 10 aromatic rings. The number of fused-ring (bicyclic) bond motifs is 17. The number of hydrogen-bond donors (Lipinski definition) is 0. The van der Waals surface area contributed by atoms with Crippen LogP contribution in [0.3, 0.4) is 0 Å². The molecule has 0 bridgehead atoms. The predicted octanol–water partition coefficient (Wildman–Crippen LogP) is 12.2. The summed E-state index contributed by atoms with van der Waals surface area (Å²) in [7, 11) is 0. The fourth-order valence-corrected chi connectivity index (χ4v) is 9.55. The summed E-state index contributed by atoms with van der Waals surface area (Å²) in [6.45, 7) is 0. The van der Waals surface area contributed by atoms with E-state index in [-0.39, 0.29) is 0 Å². The molecule has 0 saturated heterocycles. The van der Waals surface area contributed by atoms with Gasteiger partial charge in [-0.05, 0) is 68.8 Å². The molecule has 0 unspecified atom stereocenters. The van der Waals surface area contributed by atoms with Gasteiger partial charge in [-0.1, -0.05) is 146 Å². The maximum absolute atomic E-state index is 5.41. The van der Waals surface area contributed by atoms with Gasteiger partial charge in [-0.3, -0.25) is 4.98 Å². The second-order valence-corrected chi connectivity index (χ2v) is 14.3. The van der Waals surface area contributed by atoms with Gasteiger partial charge in [0.1, 0.15) is 0 Å². The van der Waals surface area contributed by atoms with Crippen molar-refractivity contribution in [1.82, 2.24) is 15.0 Å². The number of aromatic nitrogens is 3. The molecule has 7 aromatic carbocycles. The maximum atomic E-state index is 5.41. The van der Waals surface area contributed by atoms with Gasteiger partial charge in [-0.25, -0.2) is 9.97 Å². The summed E-state index contributed by atoms with van der Waals surface area (Å²) in [5.41, 5.74) is 17.0. The van der Waals surface area contributed by atoms with Crippen molar-refractivity contribution in [1.29, 1.82) is 0 Å². The predicted molar refractivity (Wildman–Crippen MR) is 217 cm³/mol. The van der Waals surface area contributed by atoms with Crippen LogP contribution < -0.4 is 0 Å². The highest BCUT2D eigenvalue weighted by atomic mass is 14.8. The highest BCUT2D eigenvalue weighted by Crippen LogP contribution is 2.64. The van der Waals surface area contributed by atoms with E-state index in [0.29, 0.717) is 0 Å². The first-order valence-corrected chi connectivity index (χ1v) is 18.2. The highest BCUT2D eigenvalue weighted by Gasteiger charge is 2.52. The van der Waals surface area contributed by atoms with Crippen LogP contribution in [0.25, 0.3) is 88.2 Å². The Hall–Kier alpha value is -6.97. The third-order valence-corrected chi connectivity index (χ3v) is 11.7. The summed E-state index contributed by atoms with van der Waals surface area (Å²) in [4.78, 5) is 15.3. The number of hydrogen-bond acceptors (Lipinski definition) is 3. The van der Waals surface area contributed by atoms with Crippen molar-refractivity contribution in [2.75, 3.05) is 0 Å². The summed E-state index contributed by atoms with van der Waals surface area (Å²) in [5, 5.41) is 5.73. The van der Waals surface area contributed by atoms with Crippen LogP contribution in [-0.2, 0) is 5.41 Å². The smallest absolute Gasteiger partial charge is 0.0972 e. The van der Waals surface area contributed by atoms with Gasteiger partial charge >= 0.3 is 0 Å². The van der Waals surface area contributed by atoms with Gasteiger partial charge in [0.15, 0.2) is 0 Å². The normalized spacial score (nSPS) is 13.4. The zero-order chi connectivity index (χ0) is 34.7. The Morgan fingerprint density at radius 1 is 0.415 bits per heavy atom. The van der Waals surface area contributed by atoms with Gasteiger partial charge in [0, 0.05) is 44.3 Å². The zero-order valence-corrected chi connectivity index (χ0v) is 28.6. The Bertz CT molecular complexity index is 3150. The lowest BCUT2D eigenvalue weighted by Crippen LogP contribution is -2.25. The Morgan fingerprint density at radius 2 is 1.08 bits per heavy atom. The van der Waals surface area contributed by atoms with Crippen LogP contribution in [0, 0.1) is 0 Å². The van der Waals surface area contributed by atoms with Crippen LogP contribution in [0.2, 0.25) is 0 Å². The molecule has 3 nitrogen and oxygen atoms in total. The summed E-state index contributed by atoms with van der Waals surface area (Å²) in [6.07, 6.45) is 1.84. The zero-order valence-electron chi connectivity index (χ0n) is 28.6. The van der Waals surface area contributed by atoms with Crippen molar-refractivity contribution < 1.29 is 0 Å². The Morgan fingerprint density at radius 3 is 1.89 bits per heavy atom. The molecule has 0 amide bonds. The molecule has 244 valence electrons. The first-order valence-electron chi connectivity index (χ1n) is 18.2. The Labute approximate surface area is 305 Å². The molecule has 2 aliphatic rings. The lowest BCUT2D eigenvalue weighted by atomic mass is 9.70. The molecule has 1 spiro atoms. The highest BCUT2D eigenvalue weighted by molar-refractivity contribution is 6.20. The summed E-state index contributed by atoms with van der Waals surface area (Å²) < 4.78 is 0. The van der Waals surface area contributed by atoms with Gasteiger partial charge in [0.05, 0.1) is 33.4 Å². The van der Waals surface area contributed by atoms with E-state index in [0.717, 1.165) is 55.2 Å². The van der Waals surface area contributed by atoms with E-state index in [1.807, 2.05) is 12.3 Å². The molecular formula is C50H29N3. The van der Waals surface area contributed by atoms with E-state index in [9.17, 15) is 0 Å². The summed E-state index contributed by atoms with van der Waals surface area (Å²) in [6, 6.07) is 61.7. The summed E-state index contributed by atoms with van der Waals surface area (Å²) >= 11 is 0. The molecule has 3 heterocycles. The van der Waals surface area contributed by atoms with Gasteiger partial charge in [-0.15, -0.1) is 0 Å². The molecule has 3 heteroatoms. The second kappa shape index (κ2) is 10.5. The number of rotatable bonds is 2. The first-order chi connectivity index (χ1) is 26.3. The van der Waals surface area contributed by atoms with Crippen LogP contribution in [0.5, 0.6) is 0 Å². The van der Waals surface area contributed by atoms with E-state index in [2.05, 4.69) is 164 Å². The average molecular weight is 672 g/mol. The van der Waals surface area contributed by atoms with Gasteiger partial charge in [0.25, 0.3) is 0 Å². The van der Waals surface area contributed by atoms with Crippen LogP contribution in [-0.4, -0.2) is 15.0 Å². The standard InChI is InChI=1S/C50H29N3/c1-5-18-39-34(14-1)35-15-2-6-19-40(35)50(39)41-20-7-3-16-36(41)46-42(50)26-25-38-45(46)37-17-4-8-21-44(37)53-47(38)33-12-9-11-32(29-33)43-27-24-31-23-22-30-13-10-28-51-48(30)49(31)52-43/h1-29H. The molecule has 0 saturated carbocycles. The van der Waals surface area contributed by atoms with Crippen LogP contribution in [0.15, 0.2) is 176 Å². The van der Waals surface area contributed by atoms with Crippen LogP contribution in [0.4, 0.5) is 0 Å². The lowest BCUT2D eigenvalue weighted by Gasteiger charge is -2.30. The quantitative estimate of drug-likeness (QED) is 0.172. The maximum Gasteiger partial charge on any atom is 0.0972 e. The molecule has 53 heavy (non-hydrogen) atoms. The summed E-state index contributed by atoms with van der Waals surface area (Å²) in [5.74, 6) is 0. The van der Waals surface area contributed by atoms with Gasteiger partial charge in [-0.2, -0.15) is 0 Å². The van der Waals surface area contributed by atoms with Gasteiger partial charge in [0.2, 0.25) is 0 Å². The van der Waals surface area contributed by atoms with Crippen LogP contribution in [0.1, 0.15) is 22.3 Å². The van der Waals surface area contributed by atoms with Crippen LogP contribution >= 0.6 is 0 Å². The molecule has 0 fully saturated rings. The average Bonchev–Trinajstić information content (AvgIpc) is 3.71. The molecule has 0 radical (unpaired) electrons. The molecule has 3 aromatic heterocycles. The third kappa shape index (κ3) is 3.75. The SMILES string of the molecule is c1cc(-c2ccc3ccc4cccnc4c3n2)cc(-c2nc3ccccc3c3c4c(ccc23)C2(c3ccccc3-c3ccccc32)c2ccccc2-4)c1. The number of nitrogens with zero attached hydrogens (tertiary/aromatic N) is 3. The van der Waals surface area contributed by atoms with Crippen molar-refractivity contribution in [2.45, 2.75) is 5.41 Å². The van der Waals surface area contributed by atoms with Crippen molar-refractivity contribution in [3.63, 3.8) is 0 Å². The molecule has 0 N–H and O–H groups in total. The minimum atomic E-state index is -0.404. The minimum absolute atomic E-state index is 0.404. The Balaban J connectivity index is 1.14. The number of para-hydroxylation sites is 1. The first kappa shape index (κ1) is 28.7. The van der Waals surface area contributed by atoms with E-state index < -0.39 is 5.41 Å². The van der Waals surface area contributed by atoms with Crippen molar-refractivity contribution in [3.8, 4) is 44.8 Å². The van der Waals surface area contributed by atoms with Gasteiger partial charge < -0.3 is 0 Å². The van der Waals surface area contributed by atoms with E-state index in [4.69, 9.17) is 15.0 Å². The molecule has 0 atom stereocenters. The molecule has 12 rings (SSSR count). The minimum Gasteiger partial charge on any atom is -0.254 e. The largest absolute Gasteiger partial charge is 0.254 e.